The predicted octanol–water partition coefficient (Wildman–Crippen LogP) is 3.87. The maximum absolute atomic E-state index is 13.0. The molecule has 19 heavy (non-hydrogen) atoms. The number of benzene rings is 1. The number of rotatable bonds is 3. The molecule has 0 spiro atoms. The zero-order valence-corrected chi connectivity index (χ0v) is 13.1. The van der Waals surface area contributed by atoms with Crippen LogP contribution in [0.3, 0.4) is 0 Å². The van der Waals surface area contributed by atoms with Gasteiger partial charge in [0.2, 0.25) is 0 Å². The zero-order chi connectivity index (χ0) is 14.0. The van der Waals surface area contributed by atoms with Crippen LogP contribution in [0.25, 0.3) is 0 Å². The molecule has 0 amide bonds. The van der Waals surface area contributed by atoms with Crippen molar-refractivity contribution < 1.29 is 9.18 Å². The van der Waals surface area contributed by atoms with Crippen LogP contribution in [0.2, 0.25) is 0 Å². The summed E-state index contributed by atoms with van der Waals surface area (Å²) in [7, 11) is 0. The Morgan fingerprint density at radius 1 is 1.37 bits per heavy atom. The summed E-state index contributed by atoms with van der Waals surface area (Å²) in [6, 6.07) is 4.66. The number of hydrogen-bond donors (Lipinski definition) is 0. The van der Waals surface area contributed by atoms with Crippen molar-refractivity contribution in [1.82, 2.24) is 0 Å². The van der Waals surface area contributed by atoms with Crippen LogP contribution in [0.5, 0.6) is 0 Å². The Labute approximate surface area is 122 Å². The highest BCUT2D eigenvalue weighted by Crippen LogP contribution is 2.36. The molecule has 4 heteroatoms. The topological polar surface area (TPSA) is 17.1 Å². The molecule has 2 rings (SSSR count). The highest BCUT2D eigenvalue weighted by atomic mass is 32.2. The predicted molar refractivity (Wildman–Crippen MR) is 82.6 cm³/mol. The fourth-order valence-electron chi connectivity index (χ4n) is 2.11. The number of ketones is 1. The van der Waals surface area contributed by atoms with Gasteiger partial charge in [0.25, 0.3) is 0 Å². The second-order valence-electron chi connectivity index (χ2n) is 5.08. The normalized spacial score (nSPS) is 27.3. The quantitative estimate of drug-likeness (QED) is 0.843. The van der Waals surface area contributed by atoms with Crippen molar-refractivity contribution in [2.45, 2.75) is 42.9 Å². The summed E-state index contributed by atoms with van der Waals surface area (Å²) >= 11 is 3.66. The van der Waals surface area contributed by atoms with Crippen LogP contribution in [0, 0.1) is 12.7 Å². The summed E-state index contributed by atoms with van der Waals surface area (Å²) in [6.07, 6.45) is 0.422. The van der Waals surface area contributed by atoms with E-state index in [0.717, 1.165) is 16.9 Å². The van der Waals surface area contributed by atoms with E-state index < -0.39 is 0 Å². The molecule has 3 unspecified atom stereocenters. The lowest BCUT2D eigenvalue weighted by molar-refractivity contribution is -0.117. The Bertz CT molecular complexity index is 475. The largest absolute Gasteiger partial charge is 0.298 e. The van der Waals surface area contributed by atoms with Gasteiger partial charge in [0.05, 0.1) is 5.25 Å². The number of thioether (sulfide) groups is 2. The molecule has 1 aromatic carbocycles. The van der Waals surface area contributed by atoms with Crippen LogP contribution < -0.4 is 0 Å². The van der Waals surface area contributed by atoms with E-state index in [1.165, 1.54) is 12.1 Å². The first kappa shape index (κ1) is 14.9. The molecule has 1 aliphatic rings. The van der Waals surface area contributed by atoms with Gasteiger partial charge in [0, 0.05) is 22.7 Å². The van der Waals surface area contributed by atoms with Gasteiger partial charge in [-0.25, -0.2) is 4.39 Å². The van der Waals surface area contributed by atoms with Gasteiger partial charge in [-0.2, -0.15) is 11.8 Å². The standard InChI is InChI=1S/C15H19FOS2/c1-9-6-13(16)5-4-12(9)7-14(17)15-8-18-10(2)11(3)19-15/h4-6,10-11,15H,7-8H2,1-3H3. The van der Waals surface area contributed by atoms with Crippen LogP contribution in [0.1, 0.15) is 25.0 Å². The summed E-state index contributed by atoms with van der Waals surface area (Å²) in [5.41, 5.74) is 1.81. The Hall–Kier alpha value is -0.480. The number of carbonyl (C=O) groups is 1. The van der Waals surface area contributed by atoms with Crippen molar-refractivity contribution in [1.29, 1.82) is 0 Å². The molecule has 0 aliphatic carbocycles. The van der Waals surface area contributed by atoms with Gasteiger partial charge in [-0.15, -0.1) is 11.8 Å². The van der Waals surface area contributed by atoms with Crippen LogP contribution in [-0.4, -0.2) is 27.3 Å². The van der Waals surface area contributed by atoms with Crippen LogP contribution in [0.4, 0.5) is 4.39 Å². The van der Waals surface area contributed by atoms with Gasteiger partial charge >= 0.3 is 0 Å². The van der Waals surface area contributed by atoms with E-state index in [1.54, 1.807) is 17.8 Å². The van der Waals surface area contributed by atoms with E-state index in [1.807, 2.05) is 18.7 Å². The SMILES string of the molecule is Cc1cc(F)ccc1CC(=O)C1CSC(C)C(C)S1. The van der Waals surface area contributed by atoms with Crippen LogP contribution in [0.15, 0.2) is 18.2 Å². The van der Waals surface area contributed by atoms with E-state index in [-0.39, 0.29) is 16.9 Å². The third kappa shape index (κ3) is 3.76. The van der Waals surface area contributed by atoms with Crippen molar-refractivity contribution in [3.05, 3.63) is 35.1 Å². The average molecular weight is 298 g/mol. The van der Waals surface area contributed by atoms with Gasteiger partial charge in [-0.05, 0) is 30.2 Å². The molecular formula is C15H19FOS2. The zero-order valence-electron chi connectivity index (χ0n) is 11.5. The van der Waals surface area contributed by atoms with Gasteiger partial charge < -0.3 is 0 Å². The first-order chi connectivity index (χ1) is 8.97. The average Bonchev–Trinajstić information content (AvgIpc) is 2.36. The fourth-order valence-corrected chi connectivity index (χ4v) is 5.00. The first-order valence-corrected chi connectivity index (χ1v) is 8.51. The summed E-state index contributed by atoms with van der Waals surface area (Å²) in [6.45, 7) is 6.26. The third-order valence-electron chi connectivity index (χ3n) is 3.58. The molecule has 1 aromatic rings. The Morgan fingerprint density at radius 3 is 2.74 bits per heavy atom. The fraction of sp³-hybridized carbons (Fsp3) is 0.533. The molecule has 0 saturated carbocycles. The van der Waals surface area contributed by atoms with Crippen molar-refractivity contribution in [3.63, 3.8) is 0 Å². The monoisotopic (exact) mass is 298 g/mol. The molecule has 1 saturated heterocycles. The van der Waals surface area contributed by atoms with Gasteiger partial charge in [0.1, 0.15) is 5.82 Å². The molecule has 0 aromatic heterocycles. The lowest BCUT2D eigenvalue weighted by Gasteiger charge is -2.30. The van der Waals surface area contributed by atoms with E-state index >= 15 is 0 Å². The molecule has 1 nitrogen and oxygen atoms in total. The van der Waals surface area contributed by atoms with E-state index in [9.17, 15) is 9.18 Å². The van der Waals surface area contributed by atoms with E-state index in [2.05, 4.69) is 13.8 Å². The minimum atomic E-state index is -0.237. The molecule has 0 N–H and O–H groups in total. The smallest absolute Gasteiger partial charge is 0.151 e. The minimum absolute atomic E-state index is 0.0839. The number of Topliss-reactive ketones (excluding diaryl/α,β-unsaturated/α-hetero) is 1. The molecule has 0 radical (unpaired) electrons. The second kappa shape index (κ2) is 6.31. The summed E-state index contributed by atoms with van der Waals surface area (Å²) in [5, 5.41) is 1.21. The Kier molecular flexibility index (Phi) is 4.96. The Morgan fingerprint density at radius 2 is 2.11 bits per heavy atom. The summed E-state index contributed by atoms with van der Waals surface area (Å²) in [5.74, 6) is 0.930. The Balaban J connectivity index is 2.01. The number of carbonyl (C=O) groups excluding carboxylic acids is 1. The lowest BCUT2D eigenvalue weighted by atomic mass is 10.0. The highest BCUT2D eigenvalue weighted by molar-refractivity contribution is 8.08. The van der Waals surface area contributed by atoms with Gasteiger partial charge in [0.15, 0.2) is 5.78 Å². The third-order valence-corrected chi connectivity index (χ3v) is 7.02. The number of halogens is 1. The van der Waals surface area contributed by atoms with Crippen molar-refractivity contribution in [2.75, 3.05) is 5.75 Å². The first-order valence-electron chi connectivity index (χ1n) is 6.52. The van der Waals surface area contributed by atoms with E-state index in [4.69, 9.17) is 0 Å². The van der Waals surface area contributed by atoms with E-state index in [0.29, 0.717) is 16.9 Å². The molecule has 104 valence electrons. The number of aryl methyl sites for hydroxylation is 1. The molecule has 3 atom stereocenters. The summed E-state index contributed by atoms with van der Waals surface area (Å²) < 4.78 is 13.0. The highest BCUT2D eigenvalue weighted by Gasteiger charge is 2.30. The van der Waals surface area contributed by atoms with Crippen LogP contribution in [-0.2, 0) is 11.2 Å². The van der Waals surface area contributed by atoms with Crippen molar-refractivity contribution >= 4 is 29.3 Å². The molecule has 0 bridgehead atoms. The minimum Gasteiger partial charge on any atom is -0.298 e. The summed E-state index contributed by atoms with van der Waals surface area (Å²) in [4.78, 5) is 12.3. The lowest BCUT2D eigenvalue weighted by Crippen LogP contribution is -2.32. The van der Waals surface area contributed by atoms with Crippen LogP contribution >= 0.6 is 23.5 Å². The molecule has 1 aliphatic heterocycles. The van der Waals surface area contributed by atoms with Gasteiger partial charge in [-0.1, -0.05) is 19.9 Å². The second-order valence-corrected chi connectivity index (χ2v) is 8.08. The maximum atomic E-state index is 13.0. The maximum Gasteiger partial charge on any atom is 0.151 e. The molecule has 1 fully saturated rings. The molecule has 1 heterocycles. The number of hydrogen-bond acceptors (Lipinski definition) is 3. The van der Waals surface area contributed by atoms with Gasteiger partial charge in [-0.3, -0.25) is 4.79 Å². The van der Waals surface area contributed by atoms with Crippen molar-refractivity contribution in [2.24, 2.45) is 0 Å². The van der Waals surface area contributed by atoms with Crippen molar-refractivity contribution in [3.8, 4) is 0 Å². The molecular weight excluding hydrogens is 279 g/mol.